The molecule has 2 heterocycles. The van der Waals surface area contributed by atoms with Crippen LogP contribution in [0.4, 0.5) is 0 Å². The molecule has 5 heteroatoms. The molecule has 0 aromatic carbocycles. The summed E-state index contributed by atoms with van der Waals surface area (Å²) < 4.78 is 1.19. The van der Waals surface area contributed by atoms with Crippen LogP contribution in [0.25, 0.3) is 0 Å². The third kappa shape index (κ3) is 3.45. The van der Waals surface area contributed by atoms with Crippen molar-refractivity contribution >= 4 is 27.3 Å². The molecule has 2 rings (SSSR count). The third-order valence-corrected chi connectivity index (χ3v) is 6.20. The van der Waals surface area contributed by atoms with E-state index in [9.17, 15) is 0 Å². The van der Waals surface area contributed by atoms with Gasteiger partial charge in [-0.05, 0) is 55.4 Å². The van der Waals surface area contributed by atoms with Crippen molar-refractivity contribution in [2.75, 3.05) is 26.7 Å². The van der Waals surface area contributed by atoms with Gasteiger partial charge < -0.3 is 5.73 Å². The average Bonchev–Trinajstić information content (AvgIpc) is 2.80. The minimum atomic E-state index is 0.194. The highest BCUT2D eigenvalue weighted by Crippen LogP contribution is 2.35. The van der Waals surface area contributed by atoms with E-state index in [1.165, 1.54) is 8.66 Å². The van der Waals surface area contributed by atoms with Crippen LogP contribution in [-0.2, 0) is 0 Å². The van der Waals surface area contributed by atoms with Gasteiger partial charge in [0.05, 0.1) is 9.83 Å². The predicted molar refractivity (Wildman–Crippen MR) is 91.3 cm³/mol. The highest BCUT2D eigenvalue weighted by Gasteiger charge is 2.36. The van der Waals surface area contributed by atoms with Crippen molar-refractivity contribution in [2.45, 2.75) is 44.8 Å². The normalized spacial score (nSPS) is 23.7. The minimum absolute atomic E-state index is 0.194. The summed E-state index contributed by atoms with van der Waals surface area (Å²) >= 11 is 5.39. The molecule has 114 valence electrons. The molecule has 1 fully saturated rings. The Bertz CT molecular complexity index is 446. The fourth-order valence-corrected chi connectivity index (χ4v) is 4.52. The number of nitrogens with two attached hydrogens (primary N) is 1. The molecule has 2 N–H and O–H groups in total. The summed E-state index contributed by atoms with van der Waals surface area (Å²) in [7, 11) is 2.22. The number of likely N-dealkylation sites (N-methyl/N-ethyl adjacent to an activating group) is 1. The number of halogens is 1. The van der Waals surface area contributed by atoms with Crippen molar-refractivity contribution in [1.82, 2.24) is 9.80 Å². The van der Waals surface area contributed by atoms with Gasteiger partial charge in [0.15, 0.2) is 0 Å². The van der Waals surface area contributed by atoms with Gasteiger partial charge in [-0.1, -0.05) is 6.92 Å². The van der Waals surface area contributed by atoms with Gasteiger partial charge in [0.25, 0.3) is 0 Å². The molecule has 0 bridgehead atoms. The Labute approximate surface area is 135 Å². The van der Waals surface area contributed by atoms with Gasteiger partial charge in [-0.25, -0.2) is 0 Å². The quantitative estimate of drug-likeness (QED) is 0.894. The summed E-state index contributed by atoms with van der Waals surface area (Å²) in [5.41, 5.74) is 6.66. The smallest absolute Gasteiger partial charge is 0.0702 e. The lowest BCUT2D eigenvalue weighted by molar-refractivity contribution is 0.0104. The van der Waals surface area contributed by atoms with E-state index in [1.54, 1.807) is 0 Å². The standard InChI is InChI=1S/C15H26BrN3S/c1-5-11(17)14(12-6-7-13(16)20-12)19-9-8-18(4)15(2,3)10-19/h6-7,11,14H,5,8-10,17H2,1-4H3. The first-order valence-corrected chi connectivity index (χ1v) is 8.92. The Hall–Kier alpha value is 0.0600. The first-order valence-electron chi connectivity index (χ1n) is 7.31. The molecule has 20 heavy (non-hydrogen) atoms. The summed E-state index contributed by atoms with van der Waals surface area (Å²) in [6.45, 7) is 10.1. The van der Waals surface area contributed by atoms with Crippen LogP contribution >= 0.6 is 27.3 Å². The van der Waals surface area contributed by atoms with Gasteiger partial charge in [-0.3, -0.25) is 9.80 Å². The van der Waals surface area contributed by atoms with Crippen LogP contribution in [0.5, 0.6) is 0 Å². The van der Waals surface area contributed by atoms with Crippen LogP contribution in [0.2, 0.25) is 0 Å². The van der Waals surface area contributed by atoms with Crippen molar-refractivity contribution in [3.05, 3.63) is 20.8 Å². The molecule has 1 saturated heterocycles. The van der Waals surface area contributed by atoms with Crippen LogP contribution in [0.1, 0.15) is 38.1 Å². The minimum Gasteiger partial charge on any atom is -0.326 e. The van der Waals surface area contributed by atoms with E-state index in [1.807, 2.05) is 11.3 Å². The lowest BCUT2D eigenvalue weighted by atomic mass is 9.95. The molecule has 0 aliphatic carbocycles. The molecular formula is C15H26BrN3S. The monoisotopic (exact) mass is 359 g/mol. The van der Waals surface area contributed by atoms with Crippen LogP contribution in [0.3, 0.4) is 0 Å². The highest BCUT2D eigenvalue weighted by atomic mass is 79.9. The largest absolute Gasteiger partial charge is 0.326 e. The molecular weight excluding hydrogens is 334 g/mol. The summed E-state index contributed by atoms with van der Waals surface area (Å²) in [6.07, 6.45) is 1.01. The van der Waals surface area contributed by atoms with Crippen LogP contribution < -0.4 is 5.73 Å². The van der Waals surface area contributed by atoms with Crippen molar-refractivity contribution < 1.29 is 0 Å². The molecule has 0 radical (unpaired) electrons. The van der Waals surface area contributed by atoms with Gasteiger partial charge in [0.1, 0.15) is 0 Å². The van der Waals surface area contributed by atoms with E-state index in [2.05, 4.69) is 65.7 Å². The van der Waals surface area contributed by atoms with Crippen molar-refractivity contribution in [1.29, 1.82) is 0 Å². The number of nitrogens with zero attached hydrogens (tertiary/aromatic N) is 2. The Morgan fingerprint density at radius 1 is 1.40 bits per heavy atom. The van der Waals surface area contributed by atoms with Crippen LogP contribution in [0, 0.1) is 0 Å². The van der Waals surface area contributed by atoms with Crippen molar-refractivity contribution in [3.63, 3.8) is 0 Å². The maximum Gasteiger partial charge on any atom is 0.0702 e. The Morgan fingerprint density at radius 2 is 2.10 bits per heavy atom. The molecule has 1 aliphatic heterocycles. The van der Waals surface area contributed by atoms with Gasteiger partial charge >= 0.3 is 0 Å². The van der Waals surface area contributed by atoms with E-state index < -0.39 is 0 Å². The number of hydrogen-bond donors (Lipinski definition) is 1. The lowest BCUT2D eigenvalue weighted by Gasteiger charge is -2.48. The topological polar surface area (TPSA) is 32.5 Å². The fourth-order valence-electron chi connectivity index (χ4n) is 2.89. The molecule has 0 amide bonds. The number of hydrogen-bond acceptors (Lipinski definition) is 4. The van der Waals surface area contributed by atoms with E-state index >= 15 is 0 Å². The van der Waals surface area contributed by atoms with Crippen LogP contribution in [-0.4, -0.2) is 48.1 Å². The zero-order valence-electron chi connectivity index (χ0n) is 12.9. The highest BCUT2D eigenvalue weighted by molar-refractivity contribution is 9.11. The summed E-state index contributed by atoms with van der Waals surface area (Å²) in [4.78, 5) is 6.40. The first-order chi connectivity index (χ1) is 9.35. The van der Waals surface area contributed by atoms with Gasteiger partial charge in [-0.15, -0.1) is 11.3 Å². The Kier molecular flexibility index (Phi) is 5.29. The van der Waals surface area contributed by atoms with Crippen molar-refractivity contribution in [3.8, 4) is 0 Å². The first kappa shape index (κ1) is 16.4. The summed E-state index contributed by atoms with van der Waals surface area (Å²) in [5, 5.41) is 0. The van der Waals surface area contributed by atoms with Crippen LogP contribution in [0.15, 0.2) is 15.9 Å². The second-order valence-electron chi connectivity index (χ2n) is 6.36. The van der Waals surface area contributed by atoms with Crippen molar-refractivity contribution in [2.24, 2.45) is 5.73 Å². The van der Waals surface area contributed by atoms with Gasteiger partial charge in [0.2, 0.25) is 0 Å². The van der Waals surface area contributed by atoms with E-state index in [4.69, 9.17) is 5.73 Å². The van der Waals surface area contributed by atoms with E-state index in [-0.39, 0.29) is 11.6 Å². The molecule has 2 unspecified atom stereocenters. The second-order valence-corrected chi connectivity index (χ2v) is 8.86. The second kappa shape index (κ2) is 6.44. The molecule has 2 atom stereocenters. The number of rotatable bonds is 4. The predicted octanol–water partition coefficient (Wildman–Crippen LogP) is 3.32. The zero-order valence-corrected chi connectivity index (χ0v) is 15.3. The molecule has 0 saturated carbocycles. The maximum absolute atomic E-state index is 6.45. The fraction of sp³-hybridized carbons (Fsp3) is 0.733. The van der Waals surface area contributed by atoms with E-state index in [0.717, 1.165) is 26.1 Å². The molecule has 1 aromatic heterocycles. The molecule has 1 aliphatic rings. The Balaban J connectivity index is 2.24. The number of thiophene rings is 1. The molecule has 1 aromatic rings. The molecule has 0 spiro atoms. The third-order valence-electron chi connectivity index (χ3n) is 4.50. The number of piperazine rings is 1. The maximum atomic E-state index is 6.45. The average molecular weight is 360 g/mol. The molecule has 3 nitrogen and oxygen atoms in total. The van der Waals surface area contributed by atoms with E-state index in [0.29, 0.717) is 6.04 Å². The summed E-state index contributed by atoms with van der Waals surface area (Å²) in [5.74, 6) is 0. The Morgan fingerprint density at radius 3 is 2.60 bits per heavy atom. The SMILES string of the molecule is CCC(N)C(c1ccc(Br)s1)N1CCN(C)C(C)(C)C1. The van der Waals surface area contributed by atoms with Gasteiger partial charge in [-0.2, -0.15) is 0 Å². The zero-order chi connectivity index (χ0) is 14.9. The van der Waals surface area contributed by atoms with Gasteiger partial charge in [0, 0.05) is 36.1 Å². The summed E-state index contributed by atoms with van der Waals surface area (Å²) in [6, 6.07) is 4.89. The lowest BCUT2D eigenvalue weighted by Crippen LogP contribution is -2.59.